The van der Waals surface area contributed by atoms with E-state index in [-0.39, 0.29) is 17.6 Å². The summed E-state index contributed by atoms with van der Waals surface area (Å²) in [7, 11) is -1.86. The number of morpholine rings is 1. The molecule has 1 fully saturated rings. The summed E-state index contributed by atoms with van der Waals surface area (Å²) in [5.41, 5.74) is 6.91. The molecule has 9 nitrogen and oxygen atoms in total. The zero-order valence-electron chi connectivity index (χ0n) is 26.9. The number of esters is 1. The molecule has 0 amide bonds. The summed E-state index contributed by atoms with van der Waals surface area (Å²) in [4.78, 5) is 19.0. The number of aliphatic hydroxyl groups excluding tert-OH is 1. The minimum atomic E-state index is -1.86. The van der Waals surface area contributed by atoms with Gasteiger partial charge in [-0.1, -0.05) is 32.9 Å². The van der Waals surface area contributed by atoms with Gasteiger partial charge in [0.2, 0.25) is 0 Å². The summed E-state index contributed by atoms with van der Waals surface area (Å²) >= 11 is 0. The minimum absolute atomic E-state index is 0.144. The fourth-order valence-corrected chi connectivity index (χ4v) is 6.59. The number of hydrogen-bond acceptors (Lipinski definition) is 7. The maximum atomic E-state index is 13.2. The van der Waals surface area contributed by atoms with Crippen molar-refractivity contribution in [1.82, 2.24) is 19.7 Å². The highest BCUT2D eigenvalue weighted by atomic mass is 28.4. The number of fused-ring (bicyclic) bond motifs is 1. The minimum Gasteiger partial charge on any atom is -0.461 e. The van der Waals surface area contributed by atoms with Gasteiger partial charge in [-0.3, -0.25) is 9.58 Å². The molecule has 0 unspecified atom stereocenters. The van der Waals surface area contributed by atoms with E-state index in [0.717, 1.165) is 84.7 Å². The van der Waals surface area contributed by atoms with E-state index >= 15 is 0 Å². The van der Waals surface area contributed by atoms with E-state index in [9.17, 15) is 9.90 Å². The first-order chi connectivity index (χ1) is 19.9. The zero-order chi connectivity index (χ0) is 30.7. The quantitative estimate of drug-likeness (QED) is 0.159. The fourth-order valence-electron chi connectivity index (χ4n) is 5.50. The molecular weight excluding hydrogens is 548 g/mol. The van der Waals surface area contributed by atoms with E-state index in [4.69, 9.17) is 19.0 Å². The standard InChI is InChI=1S/C32H50N4O5Si/c1-9-40-31(38)30-24(11-10-18-41-42(7,8)32(4,5)6)25-13-12-22(2)27(29(25)33-30)28-23(3)36(34-26(28)21-37)15-14-35-16-19-39-20-17-35/h12-13,33,37H,9-11,14-21H2,1-8H3. The number of aliphatic hydroxyl groups is 1. The van der Waals surface area contributed by atoms with Crippen LogP contribution >= 0.6 is 0 Å². The molecule has 0 atom stereocenters. The van der Waals surface area contributed by atoms with E-state index in [2.05, 4.69) is 69.7 Å². The molecule has 3 aromatic rings. The number of aromatic amines is 1. The Morgan fingerprint density at radius 3 is 2.50 bits per heavy atom. The maximum Gasteiger partial charge on any atom is 0.355 e. The van der Waals surface area contributed by atoms with Crippen LogP contribution < -0.4 is 0 Å². The van der Waals surface area contributed by atoms with Crippen molar-refractivity contribution in [3.05, 3.63) is 40.3 Å². The number of ether oxygens (including phenoxy) is 2. The summed E-state index contributed by atoms with van der Waals surface area (Å²) in [6.07, 6.45) is 1.49. The van der Waals surface area contributed by atoms with Crippen LogP contribution in [0.1, 0.15) is 67.1 Å². The Morgan fingerprint density at radius 1 is 1.14 bits per heavy atom. The first-order valence-electron chi connectivity index (χ1n) is 15.3. The van der Waals surface area contributed by atoms with Gasteiger partial charge in [0.15, 0.2) is 8.32 Å². The van der Waals surface area contributed by atoms with Crippen LogP contribution in [-0.4, -0.2) is 85.1 Å². The average molecular weight is 599 g/mol. The van der Waals surface area contributed by atoms with Crippen molar-refractivity contribution >= 4 is 25.2 Å². The molecule has 0 spiro atoms. The molecule has 1 aliphatic rings. The molecule has 0 saturated carbocycles. The topological polar surface area (TPSA) is 102 Å². The highest BCUT2D eigenvalue weighted by Crippen LogP contribution is 2.39. The van der Waals surface area contributed by atoms with Crippen molar-refractivity contribution in [3.63, 3.8) is 0 Å². The third kappa shape index (κ3) is 6.83. The number of nitrogens with one attached hydrogen (secondary N) is 1. The lowest BCUT2D eigenvalue weighted by Crippen LogP contribution is -2.41. The maximum absolute atomic E-state index is 13.2. The normalized spacial score (nSPS) is 15.1. The van der Waals surface area contributed by atoms with Crippen LogP contribution in [0.3, 0.4) is 0 Å². The Morgan fingerprint density at radius 2 is 1.86 bits per heavy atom. The first kappa shape index (κ1) is 32.4. The number of hydrogen-bond donors (Lipinski definition) is 2. The third-order valence-electron chi connectivity index (χ3n) is 9.02. The van der Waals surface area contributed by atoms with Gasteiger partial charge >= 0.3 is 5.97 Å². The first-order valence-corrected chi connectivity index (χ1v) is 18.2. The monoisotopic (exact) mass is 598 g/mol. The highest BCUT2D eigenvalue weighted by molar-refractivity contribution is 6.74. The summed E-state index contributed by atoms with van der Waals surface area (Å²) < 4.78 is 19.4. The van der Waals surface area contributed by atoms with E-state index in [1.807, 2.05) is 11.6 Å². The van der Waals surface area contributed by atoms with Crippen LogP contribution in [0.15, 0.2) is 12.1 Å². The summed E-state index contributed by atoms with van der Waals surface area (Å²) in [6.45, 7) is 22.9. The lowest BCUT2D eigenvalue weighted by Gasteiger charge is -2.36. The van der Waals surface area contributed by atoms with Crippen LogP contribution in [0, 0.1) is 13.8 Å². The molecule has 3 heterocycles. The second-order valence-electron chi connectivity index (χ2n) is 12.8. The van der Waals surface area contributed by atoms with Gasteiger partial charge in [0.05, 0.1) is 44.2 Å². The number of carbonyl (C=O) groups excluding carboxylic acids is 1. The Hall–Kier alpha value is -2.50. The molecule has 0 bridgehead atoms. The van der Waals surface area contributed by atoms with Crippen molar-refractivity contribution in [2.45, 2.75) is 85.7 Å². The van der Waals surface area contributed by atoms with E-state index < -0.39 is 8.32 Å². The summed E-state index contributed by atoms with van der Waals surface area (Å²) in [5.74, 6) is -0.349. The Kier molecular flexibility index (Phi) is 10.4. The molecule has 42 heavy (non-hydrogen) atoms. The summed E-state index contributed by atoms with van der Waals surface area (Å²) in [5, 5.41) is 16.3. The van der Waals surface area contributed by atoms with Gasteiger partial charge in [-0.15, -0.1) is 0 Å². The number of benzene rings is 1. The number of rotatable bonds is 12. The predicted octanol–water partition coefficient (Wildman–Crippen LogP) is 5.60. The molecule has 232 valence electrons. The number of nitrogens with zero attached hydrogens (tertiary/aromatic N) is 3. The Labute approximate surface area is 251 Å². The molecule has 0 aliphatic carbocycles. The summed E-state index contributed by atoms with van der Waals surface area (Å²) in [6, 6.07) is 4.19. The van der Waals surface area contributed by atoms with Crippen molar-refractivity contribution in [1.29, 1.82) is 0 Å². The van der Waals surface area contributed by atoms with E-state index in [1.54, 1.807) is 0 Å². The van der Waals surface area contributed by atoms with Gasteiger partial charge in [0.25, 0.3) is 0 Å². The second kappa shape index (κ2) is 13.4. The van der Waals surface area contributed by atoms with E-state index in [0.29, 0.717) is 31.0 Å². The van der Waals surface area contributed by atoms with Gasteiger partial charge in [-0.25, -0.2) is 4.79 Å². The highest BCUT2D eigenvalue weighted by Gasteiger charge is 2.37. The van der Waals surface area contributed by atoms with Crippen molar-refractivity contribution in [3.8, 4) is 11.1 Å². The lowest BCUT2D eigenvalue weighted by molar-refractivity contribution is 0.0359. The van der Waals surface area contributed by atoms with E-state index in [1.165, 1.54) is 0 Å². The van der Waals surface area contributed by atoms with Gasteiger partial charge in [-0.2, -0.15) is 5.10 Å². The van der Waals surface area contributed by atoms with Gasteiger partial charge in [0.1, 0.15) is 5.69 Å². The van der Waals surface area contributed by atoms with Crippen LogP contribution in [0.2, 0.25) is 18.1 Å². The molecule has 2 aromatic heterocycles. The largest absolute Gasteiger partial charge is 0.461 e. The van der Waals surface area contributed by atoms with Gasteiger partial charge in [0, 0.05) is 48.4 Å². The van der Waals surface area contributed by atoms with Crippen LogP contribution in [0.25, 0.3) is 22.0 Å². The molecular formula is C32H50N4O5Si. The molecule has 1 aromatic carbocycles. The number of H-pyrrole nitrogens is 1. The van der Waals surface area contributed by atoms with Crippen molar-refractivity contribution in [2.24, 2.45) is 0 Å². The molecule has 2 N–H and O–H groups in total. The van der Waals surface area contributed by atoms with Gasteiger partial charge in [-0.05, 0) is 62.9 Å². The second-order valence-corrected chi connectivity index (χ2v) is 17.6. The average Bonchev–Trinajstić information content (AvgIpc) is 3.47. The van der Waals surface area contributed by atoms with Crippen LogP contribution in [0.5, 0.6) is 0 Å². The molecule has 4 rings (SSSR count). The molecule has 1 aliphatic heterocycles. The molecule has 0 radical (unpaired) electrons. The zero-order valence-corrected chi connectivity index (χ0v) is 27.9. The number of aromatic nitrogens is 3. The SMILES string of the molecule is CCOC(=O)c1[nH]c2c(-c3c(CO)nn(CCN4CCOCC4)c3C)c(C)ccc2c1CCCO[Si](C)(C)C(C)(C)C. The lowest BCUT2D eigenvalue weighted by atomic mass is 9.94. The molecule has 10 heteroatoms. The Balaban J connectivity index is 1.71. The van der Waals surface area contributed by atoms with Crippen LogP contribution in [0.4, 0.5) is 0 Å². The van der Waals surface area contributed by atoms with Crippen LogP contribution in [-0.2, 0) is 33.5 Å². The number of carbonyl (C=O) groups is 1. The fraction of sp³-hybridized carbons (Fsp3) is 0.625. The predicted molar refractivity (Wildman–Crippen MR) is 170 cm³/mol. The van der Waals surface area contributed by atoms with Gasteiger partial charge < -0.3 is 24.0 Å². The number of aryl methyl sites for hydroxylation is 2. The van der Waals surface area contributed by atoms with Crippen molar-refractivity contribution < 1.29 is 23.8 Å². The third-order valence-corrected chi connectivity index (χ3v) is 13.6. The smallest absolute Gasteiger partial charge is 0.355 e. The Bertz CT molecular complexity index is 1380. The molecule has 1 saturated heterocycles. The van der Waals surface area contributed by atoms with Crippen molar-refractivity contribution in [2.75, 3.05) is 46.1 Å².